The van der Waals surface area contributed by atoms with E-state index in [1.807, 2.05) is 0 Å². The van der Waals surface area contributed by atoms with E-state index in [1.54, 1.807) is 7.11 Å². The molecule has 2 heteroatoms. The summed E-state index contributed by atoms with van der Waals surface area (Å²) in [6, 6.07) is 6.95. The zero-order valence-electron chi connectivity index (χ0n) is 13.2. The van der Waals surface area contributed by atoms with Gasteiger partial charge in [0.25, 0.3) is 0 Å². The Morgan fingerprint density at radius 1 is 1.10 bits per heavy atom. The van der Waals surface area contributed by atoms with E-state index in [4.69, 9.17) is 4.74 Å². The summed E-state index contributed by atoms with van der Waals surface area (Å²) in [7, 11) is 3.87. The first-order chi connectivity index (χ1) is 9.76. The third-order valence-electron chi connectivity index (χ3n) is 4.65. The van der Waals surface area contributed by atoms with Crippen molar-refractivity contribution in [1.82, 2.24) is 5.32 Å². The Balaban J connectivity index is 2.23. The Labute approximate surface area is 123 Å². The quantitative estimate of drug-likeness (QED) is 0.865. The lowest BCUT2D eigenvalue weighted by atomic mass is 9.82. The van der Waals surface area contributed by atoms with Gasteiger partial charge in [-0.1, -0.05) is 49.8 Å². The highest BCUT2D eigenvalue weighted by molar-refractivity contribution is 5.39. The fraction of sp³-hybridized carbons (Fsp3) is 0.667. The molecule has 1 fully saturated rings. The molecule has 1 N–H and O–H groups in total. The minimum absolute atomic E-state index is 0.419. The van der Waals surface area contributed by atoms with Crippen LogP contribution in [0.1, 0.15) is 62.1 Å². The van der Waals surface area contributed by atoms with Gasteiger partial charge in [0.2, 0.25) is 0 Å². The maximum absolute atomic E-state index is 5.59. The van der Waals surface area contributed by atoms with Crippen LogP contribution in [0.4, 0.5) is 0 Å². The lowest BCUT2D eigenvalue weighted by molar-refractivity contribution is 0.291. The molecule has 1 saturated carbocycles. The molecule has 1 atom stereocenters. The van der Waals surface area contributed by atoms with Gasteiger partial charge in [-0.25, -0.2) is 0 Å². The molecule has 0 spiro atoms. The molecular formula is C18H29NO. The minimum atomic E-state index is 0.419. The first-order valence-electron chi connectivity index (χ1n) is 8.08. The van der Waals surface area contributed by atoms with Crippen molar-refractivity contribution >= 4 is 0 Å². The van der Waals surface area contributed by atoms with Gasteiger partial charge in [-0.05, 0) is 38.8 Å². The third kappa shape index (κ3) is 3.76. The Morgan fingerprint density at radius 3 is 2.35 bits per heavy atom. The Kier molecular flexibility index (Phi) is 5.90. The molecule has 20 heavy (non-hydrogen) atoms. The SMILES string of the molecule is CNC(c1cc(C)ccc1OC)C1CCCCCCC1. The summed E-state index contributed by atoms with van der Waals surface area (Å²) in [5, 5.41) is 3.56. The Hall–Kier alpha value is -1.02. The van der Waals surface area contributed by atoms with E-state index in [0.29, 0.717) is 6.04 Å². The second-order valence-electron chi connectivity index (χ2n) is 6.12. The van der Waals surface area contributed by atoms with Crippen LogP contribution in [-0.2, 0) is 0 Å². The van der Waals surface area contributed by atoms with Gasteiger partial charge in [-0.2, -0.15) is 0 Å². The number of methoxy groups -OCH3 is 1. The monoisotopic (exact) mass is 275 g/mol. The van der Waals surface area contributed by atoms with Crippen molar-refractivity contribution in [3.8, 4) is 5.75 Å². The van der Waals surface area contributed by atoms with Crippen LogP contribution in [-0.4, -0.2) is 14.2 Å². The number of nitrogens with one attached hydrogen (secondary N) is 1. The van der Waals surface area contributed by atoms with Gasteiger partial charge < -0.3 is 10.1 Å². The number of benzene rings is 1. The standard InChI is InChI=1S/C18H29NO/c1-14-11-12-17(20-3)16(13-14)18(19-2)15-9-7-5-4-6-8-10-15/h11-13,15,18-19H,4-10H2,1-3H3. The van der Waals surface area contributed by atoms with Gasteiger partial charge in [-0.15, -0.1) is 0 Å². The van der Waals surface area contributed by atoms with Crippen LogP contribution in [0.2, 0.25) is 0 Å². The highest BCUT2D eigenvalue weighted by Crippen LogP contribution is 2.37. The van der Waals surface area contributed by atoms with Crippen molar-refractivity contribution < 1.29 is 4.74 Å². The summed E-state index contributed by atoms with van der Waals surface area (Å²) >= 11 is 0. The summed E-state index contributed by atoms with van der Waals surface area (Å²) in [6.45, 7) is 2.16. The van der Waals surface area contributed by atoms with E-state index in [1.165, 1.54) is 56.1 Å². The predicted octanol–water partition coefficient (Wildman–Crippen LogP) is 4.62. The van der Waals surface area contributed by atoms with Gasteiger partial charge in [-0.3, -0.25) is 0 Å². The van der Waals surface area contributed by atoms with E-state index in [9.17, 15) is 0 Å². The second-order valence-corrected chi connectivity index (χ2v) is 6.12. The number of aryl methyl sites for hydroxylation is 1. The number of hydrogen-bond donors (Lipinski definition) is 1. The molecule has 1 aromatic rings. The molecule has 1 unspecified atom stereocenters. The van der Waals surface area contributed by atoms with Crippen LogP contribution >= 0.6 is 0 Å². The predicted molar refractivity (Wildman–Crippen MR) is 85.3 cm³/mol. The molecule has 1 aromatic carbocycles. The van der Waals surface area contributed by atoms with Gasteiger partial charge in [0.05, 0.1) is 7.11 Å². The second kappa shape index (κ2) is 7.68. The van der Waals surface area contributed by atoms with E-state index < -0.39 is 0 Å². The summed E-state index contributed by atoms with van der Waals surface area (Å²) in [6.07, 6.45) is 9.64. The first-order valence-corrected chi connectivity index (χ1v) is 8.08. The molecule has 0 bridgehead atoms. The third-order valence-corrected chi connectivity index (χ3v) is 4.65. The number of hydrogen-bond acceptors (Lipinski definition) is 2. The zero-order chi connectivity index (χ0) is 14.4. The number of rotatable bonds is 4. The van der Waals surface area contributed by atoms with E-state index in [0.717, 1.165) is 11.7 Å². The molecule has 112 valence electrons. The van der Waals surface area contributed by atoms with Crippen LogP contribution in [0.5, 0.6) is 5.75 Å². The zero-order valence-corrected chi connectivity index (χ0v) is 13.2. The molecule has 0 heterocycles. The average molecular weight is 275 g/mol. The Morgan fingerprint density at radius 2 is 1.75 bits per heavy atom. The van der Waals surface area contributed by atoms with E-state index in [-0.39, 0.29) is 0 Å². The lowest BCUT2D eigenvalue weighted by Crippen LogP contribution is -2.26. The van der Waals surface area contributed by atoms with Gasteiger partial charge in [0.1, 0.15) is 5.75 Å². The average Bonchev–Trinajstić information content (AvgIpc) is 2.42. The highest BCUT2D eigenvalue weighted by atomic mass is 16.5. The van der Waals surface area contributed by atoms with Crippen LogP contribution < -0.4 is 10.1 Å². The number of ether oxygens (including phenoxy) is 1. The van der Waals surface area contributed by atoms with Gasteiger partial charge in [0.15, 0.2) is 0 Å². The van der Waals surface area contributed by atoms with Crippen molar-refractivity contribution in [1.29, 1.82) is 0 Å². The smallest absolute Gasteiger partial charge is 0.123 e. The molecule has 1 aliphatic carbocycles. The van der Waals surface area contributed by atoms with Crippen molar-refractivity contribution in [2.45, 2.75) is 57.9 Å². The summed E-state index contributed by atoms with van der Waals surface area (Å²) in [4.78, 5) is 0. The van der Waals surface area contributed by atoms with Crippen LogP contribution in [0.3, 0.4) is 0 Å². The maximum atomic E-state index is 5.59. The molecule has 0 aliphatic heterocycles. The molecule has 1 aliphatic rings. The normalized spacial score (nSPS) is 19.1. The van der Waals surface area contributed by atoms with Gasteiger partial charge >= 0.3 is 0 Å². The van der Waals surface area contributed by atoms with Crippen molar-refractivity contribution in [2.75, 3.05) is 14.2 Å². The van der Waals surface area contributed by atoms with Crippen molar-refractivity contribution in [3.05, 3.63) is 29.3 Å². The topological polar surface area (TPSA) is 21.3 Å². The van der Waals surface area contributed by atoms with Crippen LogP contribution in [0.15, 0.2) is 18.2 Å². The first kappa shape index (κ1) is 15.4. The Bertz CT molecular complexity index is 408. The highest BCUT2D eigenvalue weighted by Gasteiger charge is 2.24. The summed E-state index contributed by atoms with van der Waals surface area (Å²) in [5.74, 6) is 1.76. The van der Waals surface area contributed by atoms with E-state index in [2.05, 4.69) is 37.5 Å². The summed E-state index contributed by atoms with van der Waals surface area (Å²) in [5.41, 5.74) is 2.65. The lowest BCUT2D eigenvalue weighted by Gasteiger charge is -2.30. The minimum Gasteiger partial charge on any atom is -0.496 e. The molecule has 0 amide bonds. The molecule has 0 aromatic heterocycles. The molecular weight excluding hydrogens is 246 g/mol. The largest absolute Gasteiger partial charge is 0.496 e. The van der Waals surface area contributed by atoms with Crippen molar-refractivity contribution in [2.24, 2.45) is 5.92 Å². The van der Waals surface area contributed by atoms with Crippen LogP contribution in [0, 0.1) is 12.8 Å². The molecule has 0 radical (unpaired) electrons. The fourth-order valence-electron chi connectivity index (χ4n) is 3.56. The molecule has 0 saturated heterocycles. The van der Waals surface area contributed by atoms with Crippen molar-refractivity contribution in [3.63, 3.8) is 0 Å². The van der Waals surface area contributed by atoms with Crippen LogP contribution in [0.25, 0.3) is 0 Å². The van der Waals surface area contributed by atoms with E-state index >= 15 is 0 Å². The van der Waals surface area contributed by atoms with Gasteiger partial charge in [0, 0.05) is 11.6 Å². The fourth-order valence-corrected chi connectivity index (χ4v) is 3.56. The molecule has 2 rings (SSSR count). The summed E-state index contributed by atoms with van der Waals surface area (Å²) < 4.78 is 5.59. The molecule has 2 nitrogen and oxygen atoms in total. The maximum Gasteiger partial charge on any atom is 0.123 e.